The highest BCUT2D eigenvalue weighted by atomic mass is 32.1. The Bertz CT molecular complexity index is 509. The van der Waals surface area contributed by atoms with Crippen molar-refractivity contribution in [3.63, 3.8) is 0 Å². The van der Waals surface area contributed by atoms with Crippen molar-refractivity contribution >= 4 is 34.5 Å². The molecule has 19 heavy (non-hydrogen) atoms. The van der Waals surface area contributed by atoms with Gasteiger partial charge in [-0.2, -0.15) is 0 Å². The minimum atomic E-state index is -0.644. The van der Waals surface area contributed by atoms with Gasteiger partial charge in [-0.1, -0.05) is 30.8 Å². The summed E-state index contributed by atoms with van der Waals surface area (Å²) >= 11 is 5.06. The van der Waals surface area contributed by atoms with Gasteiger partial charge in [0.15, 0.2) is 0 Å². The highest BCUT2D eigenvalue weighted by Gasteiger charge is 2.47. The molecular formula is C14H19N3OS. The molecule has 0 saturated heterocycles. The Hall–Kier alpha value is -1.62. The van der Waals surface area contributed by atoms with Gasteiger partial charge in [0, 0.05) is 14.1 Å². The number of nitrogens with two attached hydrogens (primary N) is 1. The minimum absolute atomic E-state index is 0.0828. The summed E-state index contributed by atoms with van der Waals surface area (Å²) in [6.45, 7) is 0. The molecule has 2 rings (SSSR count). The zero-order valence-electron chi connectivity index (χ0n) is 11.3. The van der Waals surface area contributed by atoms with E-state index in [9.17, 15) is 4.79 Å². The number of thiocarbonyl (C=S) groups is 1. The average molecular weight is 277 g/mol. The van der Waals surface area contributed by atoms with E-state index < -0.39 is 5.41 Å². The topological polar surface area (TPSA) is 58.4 Å². The van der Waals surface area contributed by atoms with Crippen LogP contribution in [0.4, 0.5) is 11.4 Å². The first-order valence-corrected chi connectivity index (χ1v) is 6.76. The van der Waals surface area contributed by atoms with E-state index >= 15 is 0 Å². The first kappa shape index (κ1) is 13.8. The van der Waals surface area contributed by atoms with E-state index in [2.05, 4.69) is 5.32 Å². The summed E-state index contributed by atoms with van der Waals surface area (Å²) in [6.07, 6.45) is 2.50. The molecule has 3 N–H and O–H groups in total. The second-order valence-electron chi connectivity index (χ2n) is 5.17. The molecule has 0 aliphatic heterocycles. The van der Waals surface area contributed by atoms with Gasteiger partial charge in [-0.3, -0.25) is 4.79 Å². The SMILES string of the molecule is CN(C)c1ccccc1NC(=O)C1(C(N)=S)CCC1. The molecule has 0 atom stereocenters. The number of benzene rings is 1. The first-order valence-electron chi connectivity index (χ1n) is 6.35. The molecule has 1 fully saturated rings. The minimum Gasteiger partial charge on any atom is -0.392 e. The number of para-hydroxylation sites is 2. The Labute approximate surface area is 119 Å². The van der Waals surface area contributed by atoms with Crippen LogP contribution >= 0.6 is 12.2 Å². The van der Waals surface area contributed by atoms with Gasteiger partial charge >= 0.3 is 0 Å². The van der Waals surface area contributed by atoms with Crippen molar-refractivity contribution in [2.45, 2.75) is 19.3 Å². The molecule has 1 amide bonds. The van der Waals surface area contributed by atoms with Crippen LogP contribution in [0, 0.1) is 5.41 Å². The summed E-state index contributed by atoms with van der Waals surface area (Å²) in [7, 11) is 3.88. The van der Waals surface area contributed by atoms with Crippen molar-refractivity contribution in [1.82, 2.24) is 0 Å². The molecule has 5 heteroatoms. The van der Waals surface area contributed by atoms with Crippen LogP contribution in [-0.4, -0.2) is 25.0 Å². The van der Waals surface area contributed by atoms with E-state index in [1.807, 2.05) is 43.3 Å². The maximum Gasteiger partial charge on any atom is 0.237 e. The van der Waals surface area contributed by atoms with Gasteiger partial charge in [-0.25, -0.2) is 0 Å². The smallest absolute Gasteiger partial charge is 0.237 e. The fourth-order valence-corrected chi connectivity index (χ4v) is 2.62. The van der Waals surface area contributed by atoms with Crippen LogP contribution in [0.2, 0.25) is 0 Å². The number of hydrogen-bond donors (Lipinski definition) is 2. The van der Waals surface area contributed by atoms with Gasteiger partial charge in [-0.05, 0) is 25.0 Å². The maximum atomic E-state index is 12.4. The van der Waals surface area contributed by atoms with Crippen LogP contribution in [0.25, 0.3) is 0 Å². The molecular weight excluding hydrogens is 258 g/mol. The standard InChI is InChI=1S/C14H19N3OS/c1-17(2)11-7-4-3-6-10(11)16-13(18)14(12(15)19)8-5-9-14/h3-4,6-7H,5,8-9H2,1-2H3,(H2,15,19)(H,16,18). The van der Waals surface area contributed by atoms with E-state index in [0.29, 0.717) is 4.99 Å². The Balaban J connectivity index is 2.22. The van der Waals surface area contributed by atoms with Crippen LogP contribution in [0.1, 0.15) is 19.3 Å². The molecule has 0 unspecified atom stereocenters. The van der Waals surface area contributed by atoms with E-state index in [1.165, 1.54) is 0 Å². The van der Waals surface area contributed by atoms with Crippen molar-refractivity contribution in [3.05, 3.63) is 24.3 Å². The maximum absolute atomic E-state index is 12.4. The zero-order valence-corrected chi connectivity index (χ0v) is 12.1. The molecule has 102 valence electrons. The summed E-state index contributed by atoms with van der Waals surface area (Å²) in [4.78, 5) is 14.7. The van der Waals surface area contributed by atoms with E-state index in [1.54, 1.807) is 0 Å². The highest BCUT2D eigenvalue weighted by Crippen LogP contribution is 2.42. The van der Waals surface area contributed by atoms with Crippen LogP contribution in [0.15, 0.2) is 24.3 Å². The van der Waals surface area contributed by atoms with Crippen molar-refractivity contribution < 1.29 is 4.79 Å². The lowest BCUT2D eigenvalue weighted by Crippen LogP contribution is -2.50. The Morgan fingerprint density at radius 1 is 1.37 bits per heavy atom. The van der Waals surface area contributed by atoms with Gasteiger partial charge in [0.25, 0.3) is 0 Å². The predicted octanol–water partition coefficient (Wildman–Crippen LogP) is 2.15. The summed E-state index contributed by atoms with van der Waals surface area (Å²) in [6, 6.07) is 7.69. The van der Waals surface area contributed by atoms with Gasteiger partial charge in [0.05, 0.1) is 21.8 Å². The summed E-state index contributed by atoms with van der Waals surface area (Å²) in [5, 5.41) is 2.97. The average Bonchev–Trinajstić information content (AvgIpc) is 2.27. The monoisotopic (exact) mass is 277 g/mol. The van der Waals surface area contributed by atoms with Gasteiger partial charge in [0.2, 0.25) is 5.91 Å². The fourth-order valence-electron chi connectivity index (χ4n) is 2.33. The zero-order chi connectivity index (χ0) is 14.0. The third-order valence-corrected chi connectivity index (χ3v) is 4.14. The van der Waals surface area contributed by atoms with Crippen LogP contribution in [0.5, 0.6) is 0 Å². The molecule has 1 aromatic carbocycles. The predicted molar refractivity (Wildman–Crippen MR) is 82.5 cm³/mol. The largest absolute Gasteiger partial charge is 0.392 e. The van der Waals surface area contributed by atoms with Crippen LogP contribution in [0.3, 0.4) is 0 Å². The third kappa shape index (κ3) is 2.42. The van der Waals surface area contributed by atoms with Gasteiger partial charge < -0.3 is 16.0 Å². The molecule has 4 nitrogen and oxygen atoms in total. The number of nitrogens with one attached hydrogen (secondary N) is 1. The van der Waals surface area contributed by atoms with Gasteiger partial charge in [-0.15, -0.1) is 0 Å². The molecule has 0 heterocycles. The summed E-state index contributed by atoms with van der Waals surface area (Å²) in [5.74, 6) is -0.0828. The highest BCUT2D eigenvalue weighted by molar-refractivity contribution is 7.80. The second-order valence-corrected chi connectivity index (χ2v) is 5.61. The van der Waals surface area contributed by atoms with Crippen molar-refractivity contribution in [1.29, 1.82) is 0 Å². The van der Waals surface area contributed by atoms with Crippen LogP contribution < -0.4 is 16.0 Å². The number of anilines is 2. The molecule has 1 aliphatic rings. The fraction of sp³-hybridized carbons (Fsp3) is 0.429. The lowest BCUT2D eigenvalue weighted by molar-refractivity contribution is -0.125. The Morgan fingerprint density at radius 3 is 2.47 bits per heavy atom. The lowest BCUT2D eigenvalue weighted by Gasteiger charge is -2.39. The van der Waals surface area contributed by atoms with E-state index in [-0.39, 0.29) is 5.91 Å². The normalized spacial score (nSPS) is 16.3. The summed E-state index contributed by atoms with van der Waals surface area (Å²) < 4.78 is 0. The quantitative estimate of drug-likeness (QED) is 0.828. The van der Waals surface area contributed by atoms with E-state index in [4.69, 9.17) is 18.0 Å². The molecule has 1 aliphatic carbocycles. The first-order chi connectivity index (χ1) is 8.97. The number of rotatable bonds is 4. The van der Waals surface area contributed by atoms with Crippen molar-refractivity contribution in [2.75, 3.05) is 24.3 Å². The lowest BCUT2D eigenvalue weighted by atomic mass is 9.68. The van der Waals surface area contributed by atoms with Gasteiger partial charge in [0.1, 0.15) is 0 Å². The molecule has 0 aromatic heterocycles. The van der Waals surface area contributed by atoms with Crippen molar-refractivity contribution in [2.24, 2.45) is 11.1 Å². The molecule has 1 saturated carbocycles. The Kier molecular flexibility index (Phi) is 3.75. The number of nitrogens with zero attached hydrogens (tertiary/aromatic N) is 1. The molecule has 0 spiro atoms. The van der Waals surface area contributed by atoms with Crippen molar-refractivity contribution in [3.8, 4) is 0 Å². The molecule has 0 bridgehead atoms. The second kappa shape index (κ2) is 5.17. The Morgan fingerprint density at radius 2 is 2.00 bits per heavy atom. The molecule has 0 radical (unpaired) electrons. The van der Waals surface area contributed by atoms with Crippen LogP contribution in [-0.2, 0) is 4.79 Å². The van der Waals surface area contributed by atoms with E-state index in [0.717, 1.165) is 30.6 Å². The number of amides is 1. The molecule has 1 aromatic rings. The number of carbonyl (C=O) groups is 1. The third-order valence-electron chi connectivity index (χ3n) is 3.75. The number of hydrogen-bond acceptors (Lipinski definition) is 3. The summed E-state index contributed by atoms with van der Waals surface area (Å²) in [5.41, 5.74) is 6.86. The number of carbonyl (C=O) groups excluding carboxylic acids is 1.